The highest BCUT2D eigenvalue weighted by molar-refractivity contribution is 7.11. The Labute approximate surface area is 89.5 Å². The van der Waals surface area contributed by atoms with E-state index in [1.54, 1.807) is 0 Å². The van der Waals surface area contributed by atoms with Crippen LogP contribution >= 0.6 is 11.3 Å². The molecule has 0 atom stereocenters. The van der Waals surface area contributed by atoms with Gasteiger partial charge in [-0.05, 0) is 19.8 Å². The molecule has 0 amide bonds. The van der Waals surface area contributed by atoms with Crippen molar-refractivity contribution in [1.29, 1.82) is 0 Å². The van der Waals surface area contributed by atoms with Crippen molar-refractivity contribution in [3.63, 3.8) is 0 Å². The lowest BCUT2D eigenvalue weighted by atomic mass is 9.90. The minimum Gasteiger partial charge on any atom is -0.325 e. The van der Waals surface area contributed by atoms with E-state index >= 15 is 0 Å². The van der Waals surface area contributed by atoms with Gasteiger partial charge in [0.25, 0.3) is 0 Å². The Morgan fingerprint density at radius 2 is 2.07 bits per heavy atom. The van der Waals surface area contributed by atoms with Crippen molar-refractivity contribution >= 4 is 11.3 Å². The molecule has 14 heavy (non-hydrogen) atoms. The maximum atomic E-state index is 5.64. The first-order chi connectivity index (χ1) is 6.81. The van der Waals surface area contributed by atoms with Gasteiger partial charge in [0.05, 0.1) is 10.7 Å². The summed E-state index contributed by atoms with van der Waals surface area (Å²) in [5, 5.41) is 1.34. The summed E-state index contributed by atoms with van der Waals surface area (Å²) in [6.07, 6.45) is 6.82. The van der Waals surface area contributed by atoms with E-state index in [0.717, 1.165) is 11.6 Å². The zero-order chi connectivity index (χ0) is 9.97. The Balaban J connectivity index is 2.14. The molecule has 0 aromatic carbocycles. The Morgan fingerprint density at radius 1 is 1.36 bits per heavy atom. The van der Waals surface area contributed by atoms with Gasteiger partial charge >= 0.3 is 0 Å². The highest BCUT2D eigenvalue weighted by atomic mass is 32.1. The maximum absolute atomic E-state index is 5.64. The van der Waals surface area contributed by atoms with Crippen molar-refractivity contribution in [3.05, 3.63) is 15.6 Å². The Hall–Kier alpha value is -0.410. The van der Waals surface area contributed by atoms with Crippen LogP contribution in [0.1, 0.15) is 53.6 Å². The van der Waals surface area contributed by atoms with Crippen LogP contribution in [0.4, 0.5) is 0 Å². The Kier molecular flexibility index (Phi) is 3.19. The molecule has 1 aliphatic rings. The molecule has 1 saturated carbocycles. The second kappa shape index (κ2) is 4.41. The number of aryl methyl sites for hydroxylation is 1. The fraction of sp³-hybridized carbons (Fsp3) is 0.727. The largest absolute Gasteiger partial charge is 0.325 e. The van der Waals surface area contributed by atoms with Crippen molar-refractivity contribution in [2.45, 2.75) is 51.5 Å². The van der Waals surface area contributed by atoms with E-state index < -0.39 is 0 Å². The standard InChI is InChI=1S/C11H18N2S/c1-8-10(7-12)13-11(14-8)9-5-3-2-4-6-9/h9H,2-7,12H2,1H3. The Bertz CT molecular complexity index is 300. The lowest BCUT2D eigenvalue weighted by molar-refractivity contribution is 0.442. The van der Waals surface area contributed by atoms with E-state index in [9.17, 15) is 0 Å². The van der Waals surface area contributed by atoms with Crippen LogP contribution in [0.15, 0.2) is 0 Å². The summed E-state index contributed by atoms with van der Waals surface area (Å²) in [5.74, 6) is 0.729. The number of aromatic nitrogens is 1. The summed E-state index contributed by atoms with van der Waals surface area (Å²) in [4.78, 5) is 5.96. The van der Waals surface area contributed by atoms with Gasteiger partial charge in [-0.3, -0.25) is 0 Å². The molecule has 1 aromatic rings. The summed E-state index contributed by atoms with van der Waals surface area (Å²) in [6.45, 7) is 2.72. The third kappa shape index (κ3) is 1.98. The quantitative estimate of drug-likeness (QED) is 0.815. The van der Waals surface area contributed by atoms with Crippen molar-refractivity contribution in [1.82, 2.24) is 4.98 Å². The Morgan fingerprint density at radius 3 is 2.64 bits per heavy atom. The lowest BCUT2D eigenvalue weighted by Gasteiger charge is -2.18. The zero-order valence-electron chi connectivity index (χ0n) is 8.75. The molecule has 78 valence electrons. The fourth-order valence-electron chi connectivity index (χ4n) is 2.16. The molecule has 0 radical (unpaired) electrons. The predicted octanol–water partition coefficient (Wildman–Crippen LogP) is 2.96. The molecule has 0 unspecified atom stereocenters. The molecule has 0 saturated heterocycles. The van der Waals surface area contributed by atoms with Gasteiger partial charge in [0.1, 0.15) is 0 Å². The van der Waals surface area contributed by atoms with Gasteiger partial charge in [0.2, 0.25) is 0 Å². The molecule has 1 heterocycles. The van der Waals surface area contributed by atoms with E-state index in [2.05, 4.69) is 11.9 Å². The predicted molar refractivity (Wildman–Crippen MR) is 60.6 cm³/mol. The van der Waals surface area contributed by atoms with Gasteiger partial charge in [-0.2, -0.15) is 0 Å². The number of rotatable bonds is 2. The second-order valence-electron chi connectivity index (χ2n) is 4.09. The van der Waals surface area contributed by atoms with Crippen LogP contribution in [-0.4, -0.2) is 4.98 Å². The lowest BCUT2D eigenvalue weighted by Crippen LogP contribution is -2.05. The first-order valence-electron chi connectivity index (χ1n) is 5.47. The van der Waals surface area contributed by atoms with E-state index in [1.807, 2.05) is 11.3 Å². The number of hydrogen-bond acceptors (Lipinski definition) is 3. The molecule has 0 bridgehead atoms. The normalized spacial score (nSPS) is 18.7. The van der Waals surface area contributed by atoms with E-state index in [4.69, 9.17) is 5.73 Å². The van der Waals surface area contributed by atoms with Crippen LogP contribution in [-0.2, 0) is 6.54 Å². The zero-order valence-corrected chi connectivity index (χ0v) is 9.57. The average molecular weight is 210 g/mol. The van der Waals surface area contributed by atoms with Gasteiger partial charge < -0.3 is 5.73 Å². The minimum absolute atomic E-state index is 0.592. The van der Waals surface area contributed by atoms with Crippen molar-refractivity contribution in [2.24, 2.45) is 5.73 Å². The van der Waals surface area contributed by atoms with Crippen LogP contribution in [0.3, 0.4) is 0 Å². The van der Waals surface area contributed by atoms with Gasteiger partial charge in [0.15, 0.2) is 0 Å². The first kappa shape index (κ1) is 10.1. The topological polar surface area (TPSA) is 38.9 Å². The number of thiazole rings is 1. The van der Waals surface area contributed by atoms with E-state index in [0.29, 0.717) is 6.54 Å². The molecule has 2 nitrogen and oxygen atoms in total. The van der Waals surface area contributed by atoms with Gasteiger partial charge in [-0.25, -0.2) is 4.98 Å². The summed E-state index contributed by atoms with van der Waals surface area (Å²) in [6, 6.07) is 0. The maximum Gasteiger partial charge on any atom is 0.0962 e. The monoisotopic (exact) mass is 210 g/mol. The SMILES string of the molecule is Cc1sc(C2CCCCC2)nc1CN. The minimum atomic E-state index is 0.592. The first-order valence-corrected chi connectivity index (χ1v) is 6.29. The highest BCUT2D eigenvalue weighted by Gasteiger charge is 2.19. The van der Waals surface area contributed by atoms with Crippen molar-refractivity contribution < 1.29 is 0 Å². The van der Waals surface area contributed by atoms with Gasteiger partial charge in [0, 0.05) is 17.3 Å². The smallest absolute Gasteiger partial charge is 0.0962 e. The molecule has 1 fully saturated rings. The molecular weight excluding hydrogens is 192 g/mol. The second-order valence-corrected chi connectivity index (χ2v) is 5.33. The van der Waals surface area contributed by atoms with Crippen molar-refractivity contribution in [3.8, 4) is 0 Å². The number of hydrogen-bond donors (Lipinski definition) is 1. The molecule has 2 N–H and O–H groups in total. The molecule has 0 spiro atoms. The van der Waals surface area contributed by atoms with Crippen molar-refractivity contribution in [2.75, 3.05) is 0 Å². The van der Waals surface area contributed by atoms with Crippen LogP contribution in [0.5, 0.6) is 0 Å². The average Bonchev–Trinajstić information content (AvgIpc) is 2.61. The fourth-order valence-corrected chi connectivity index (χ4v) is 3.28. The molecular formula is C11H18N2S. The van der Waals surface area contributed by atoms with Crippen LogP contribution in [0.2, 0.25) is 0 Å². The van der Waals surface area contributed by atoms with Crippen LogP contribution < -0.4 is 5.73 Å². The number of nitrogens with zero attached hydrogens (tertiary/aromatic N) is 1. The third-order valence-corrected chi connectivity index (χ3v) is 4.23. The van der Waals surface area contributed by atoms with Crippen LogP contribution in [0, 0.1) is 6.92 Å². The third-order valence-electron chi connectivity index (χ3n) is 3.06. The molecule has 1 aliphatic carbocycles. The molecule has 2 rings (SSSR count). The summed E-state index contributed by atoms with van der Waals surface area (Å²) in [5.41, 5.74) is 6.74. The molecule has 3 heteroatoms. The van der Waals surface area contributed by atoms with Gasteiger partial charge in [-0.15, -0.1) is 11.3 Å². The number of nitrogens with two attached hydrogens (primary N) is 1. The summed E-state index contributed by atoms with van der Waals surface area (Å²) in [7, 11) is 0. The van der Waals surface area contributed by atoms with Gasteiger partial charge in [-0.1, -0.05) is 19.3 Å². The van der Waals surface area contributed by atoms with Crippen LogP contribution in [0.25, 0.3) is 0 Å². The van der Waals surface area contributed by atoms with E-state index in [1.165, 1.54) is 42.0 Å². The molecule has 0 aliphatic heterocycles. The highest BCUT2D eigenvalue weighted by Crippen LogP contribution is 2.35. The molecule has 1 aromatic heterocycles. The summed E-state index contributed by atoms with van der Waals surface area (Å²) < 4.78 is 0. The van der Waals surface area contributed by atoms with E-state index in [-0.39, 0.29) is 0 Å². The summed E-state index contributed by atoms with van der Waals surface area (Å²) >= 11 is 1.85.